The summed E-state index contributed by atoms with van der Waals surface area (Å²) < 4.78 is 2.49. The van der Waals surface area contributed by atoms with E-state index in [1.807, 2.05) is 22.7 Å². The van der Waals surface area contributed by atoms with E-state index in [1.165, 1.54) is 114 Å². The molecule has 1 nitrogen and oxygen atoms in total. The molecule has 7 aromatic carbocycles. The molecule has 0 bridgehead atoms. The maximum atomic E-state index is 2.49. The molecule has 2 aliphatic carbocycles. The van der Waals surface area contributed by atoms with Gasteiger partial charge in [-0.1, -0.05) is 173 Å². The first-order chi connectivity index (χ1) is 28.8. The average molecular weight is 792 g/mol. The predicted octanol–water partition coefficient (Wildman–Crippen LogP) is 16.2. The molecule has 10 aromatic rings. The van der Waals surface area contributed by atoms with Gasteiger partial charge in [-0.3, -0.25) is 0 Å². The minimum absolute atomic E-state index is 0.0749. The van der Waals surface area contributed by atoms with E-state index in [2.05, 4.69) is 208 Å². The molecule has 0 aliphatic heterocycles. The van der Waals surface area contributed by atoms with Crippen LogP contribution in [-0.4, -0.2) is 4.57 Å². The zero-order valence-electron chi connectivity index (χ0n) is 33.5. The fourth-order valence-corrected chi connectivity index (χ4v) is 13.4. The van der Waals surface area contributed by atoms with Gasteiger partial charge in [-0.15, -0.1) is 22.7 Å². The summed E-state index contributed by atoms with van der Waals surface area (Å²) in [5, 5.41) is 2.59. The Bertz CT molecular complexity index is 3280. The van der Waals surface area contributed by atoms with Crippen molar-refractivity contribution in [3.63, 3.8) is 0 Å². The number of rotatable bonds is 5. The molecule has 12 rings (SSSR count). The van der Waals surface area contributed by atoms with Crippen molar-refractivity contribution in [2.45, 2.75) is 38.5 Å². The molecule has 3 heteroatoms. The van der Waals surface area contributed by atoms with Crippen LogP contribution in [0, 0.1) is 0 Å². The first-order valence-electron chi connectivity index (χ1n) is 20.6. The fraction of sp³-hybridized carbons (Fsp3) is 0.107. The summed E-state index contributed by atoms with van der Waals surface area (Å²) in [7, 11) is 0. The molecular formula is C56H41NS2. The van der Waals surface area contributed by atoms with E-state index in [1.54, 1.807) is 0 Å². The van der Waals surface area contributed by atoms with Gasteiger partial charge in [-0.25, -0.2) is 0 Å². The van der Waals surface area contributed by atoms with Gasteiger partial charge in [0.15, 0.2) is 0 Å². The van der Waals surface area contributed by atoms with Gasteiger partial charge < -0.3 is 4.57 Å². The van der Waals surface area contributed by atoms with Crippen molar-refractivity contribution >= 4 is 44.5 Å². The molecule has 3 heterocycles. The molecule has 0 radical (unpaired) electrons. The van der Waals surface area contributed by atoms with Gasteiger partial charge in [0, 0.05) is 57.9 Å². The predicted molar refractivity (Wildman–Crippen MR) is 253 cm³/mol. The Kier molecular flexibility index (Phi) is 7.43. The minimum atomic E-state index is -0.212. The van der Waals surface area contributed by atoms with Crippen molar-refractivity contribution in [1.82, 2.24) is 4.57 Å². The van der Waals surface area contributed by atoms with Crippen LogP contribution in [-0.2, 0) is 10.8 Å². The highest BCUT2D eigenvalue weighted by atomic mass is 32.1. The van der Waals surface area contributed by atoms with Gasteiger partial charge in [-0.05, 0) is 86.0 Å². The van der Waals surface area contributed by atoms with Crippen molar-refractivity contribution in [1.29, 1.82) is 0 Å². The number of nitrogens with zero attached hydrogens (tertiary/aromatic N) is 1. The number of thiophene rings is 2. The molecule has 0 spiro atoms. The van der Waals surface area contributed by atoms with Gasteiger partial charge >= 0.3 is 0 Å². The van der Waals surface area contributed by atoms with Crippen molar-refractivity contribution in [2.24, 2.45) is 0 Å². The highest BCUT2D eigenvalue weighted by Gasteiger charge is 2.46. The number of aromatic nitrogens is 1. The number of para-hydroxylation sites is 1. The van der Waals surface area contributed by atoms with Gasteiger partial charge in [0.05, 0.1) is 11.0 Å². The molecule has 59 heavy (non-hydrogen) atoms. The lowest BCUT2D eigenvalue weighted by Crippen LogP contribution is -2.15. The molecular weight excluding hydrogens is 751 g/mol. The lowest BCUT2D eigenvalue weighted by Gasteiger charge is -2.23. The zero-order chi connectivity index (χ0) is 39.6. The lowest BCUT2D eigenvalue weighted by molar-refractivity contribution is 0.661. The van der Waals surface area contributed by atoms with E-state index in [0.717, 1.165) is 0 Å². The lowest BCUT2D eigenvalue weighted by atomic mass is 9.80. The average Bonchev–Trinajstić information content (AvgIpc) is 4.06. The van der Waals surface area contributed by atoms with Crippen LogP contribution in [0.5, 0.6) is 0 Å². The van der Waals surface area contributed by atoms with Crippen LogP contribution < -0.4 is 0 Å². The van der Waals surface area contributed by atoms with E-state index in [9.17, 15) is 0 Å². The maximum absolute atomic E-state index is 2.49. The SMILES string of the molecule is CC1(C)c2ccccc2-c2cc3c4ccccc4n(-c4ccc(-c5sc(-c6ccccc6)c6c5-c5c(-c7ccccc7)sc(-c7ccccc7)c5C6(C)C)cc4)c3cc21. The summed E-state index contributed by atoms with van der Waals surface area (Å²) in [6.45, 7) is 9.66. The summed E-state index contributed by atoms with van der Waals surface area (Å²) in [5.74, 6) is 0. The van der Waals surface area contributed by atoms with Crippen LogP contribution in [0.3, 0.4) is 0 Å². The largest absolute Gasteiger partial charge is 0.309 e. The van der Waals surface area contributed by atoms with Crippen LogP contribution in [0.4, 0.5) is 0 Å². The van der Waals surface area contributed by atoms with E-state index in [0.29, 0.717) is 0 Å². The highest BCUT2D eigenvalue weighted by Crippen LogP contribution is 2.65. The van der Waals surface area contributed by atoms with E-state index < -0.39 is 0 Å². The van der Waals surface area contributed by atoms with Crippen LogP contribution in [0.15, 0.2) is 176 Å². The second-order valence-electron chi connectivity index (χ2n) is 17.2. The zero-order valence-corrected chi connectivity index (χ0v) is 35.1. The van der Waals surface area contributed by atoms with Crippen LogP contribution >= 0.6 is 22.7 Å². The number of benzene rings is 7. The topological polar surface area (TPSA) is 4.93 Å². The van der Waals surface area contributed by atoms with Crippen molar-refractivity contribution in [3.8, 4) is 69.7 Å². The molecule has 0 fully saturated rings. The van der Waals surface area contributed by atoms with E-state index in [-0.39, 0.29) is 10.8 Å². The van der Waals surface area contributed by atoms with Crippen LogP contribution in [0.2, 0.25) is 0 Å². The quantitative estimate of drug-likeness (QED) is 0.164. The molecule has 0 atom stereocenters. The van der Waals surface area contributed by atoms with Gasteiger partial charge in [0.2, 0.25) is 0 Å². The number of hydrogen-bond acceptors (Lipinski definition) is 2. The van der Waals surface area contributed by atoms with Crippen molar-refractivity contribution < 1.29 is 0 Å². The molecule has 0 saturated heterocycles. The normalized spacial score (nSPS) is 14.4. The Balaban J connectivity index is 1.08. The minimum Gasteiger partial charge on any atom is -0.309 e. The Morgan fingerprint density at radius 3 is 1.46 bits per heavy atom. The molecule has 282 valence electrons. The summed E-state index contributed by atoms with van der Waals surface area (Å²) in [6, 6.07) is 65.4. The molecule has 0 unspecified atom stereocenters. The van der Waals surface area contributed by atoms with Crippen molar-refractivity contribution in [3.05, 3.63) is 198 Å². The Morgan fingerprint density at radius 1 is 0.373 bits per heavy atom. The molecule has 3 aromatic heterocycles. The molecule has 0 N–H and O–H groups in total. The monoisotopic (exact) mass is 791 g/mol. The second-order valence-corrected chi connectivity index (χ2v) is 19.3. The van der Waals surface area contributed by atoms with Crippen molar-refractivity contribution in [2.75, 3.05) is 0 Å². The third kappa shape index (κ3) is 4.89. The smallest absolute Gasteiger partial charge is 0.0544 e. The Morgan fingerprint density at radius 2 is 0.864 bits per heavy atom. The summed E-state index contributed by atoms with van der Waals surface area (Å²) in [6.07, 6.45) is 0. The number of fused-ring (bicyclic) bond motifs is 9. The van der Waals surface area contributed by atoms with E-state index >= 15 is 0 Å². The standard InChI is InChI=1S/C56H41NS2/c1-55(2)43-26-16-14-24-39(43)41-32-42-40-25-15-17-27-45(40)57(46(42)33-44(41)55)38-30-28-37(29-31-38)52-48-47-49(56(3,4)50(48)54(59-52)36-22-12-7-13-23-36)53(35-20-10-6-11-21-35)58-51(47)34-18-8-5-9-19-34/h5-33H,1-4H3. The number of hydrogen-bond donors (Lipinski definition) is 0. The Hall–Kier alpha value is -6.26. The van der Waals surface area contributed by atoms with Gasteiger partial charge in [0.1, 0.15) is 0 Å². The van der Waals surface area contributed by atoms with Gasteiger partial charge in [0.25, 0.3) is 0 Å². The third-order valence-electron chi connectivity index (χ3n) is 13.2. The highest BCUT2D eigenvalue weighted by molar-refractivity contribution is 7.21. The maximum Gasteiger partial charge on any atom is 0.0544 e. The summed E-state index contributed by atoms with van der Waals surface area (Å²) in [5.41, 5.74) is 19.7. The molecule has 0 saturated carbocycles. The second kappa shape index (κ2) is 12.6. The van der Waals surface area contributed by atoms with Crippen LogP contribution in [0.1, 0.15) is 49.9 Å². The summed E-state index contributed by atoms with van der Waals surface area (Å²) in [4.78, 5) is 5.43. The first kappa shape index (κ1) is 34.8. The van der Waals surface area contributed by atoms with Gasteiger partial charge in [-0.2, -0.15) is 0 Å². The van der Waals surface area contributed by atoms with E-state index in [4.69, 9.17) is 0 Å². The molecule has 2 aliphatic rings. The van der Waals surface area contributed by atoms with Crippen LogP contribution in [0.25, 0.3) is 91.5 Å². The Labute approximate surface area is 353 Å². The summed E-state index contributed by atoms with van der Waals surface area (Å²) >= 11 is 3.91. The first-order valence-corrected chi connectivity index (χ1v) is 22.2. The fourth-order valence-electron chi connectivity index (χ4n) is 10.4. The third-order valence-corrected chi connectivity index (χ3v) is 15.8. The molecule has 0 amide bonds.